The summed E-state index contributed by atoms with van der Waals surface area (Å²) in [6, 6.07) is 4.36. The third kappa shape index (κ3) is 6.10. The highest BCUT2D eigenvalue weighted by molar-refractivity contribution is 7.08. The zero-order valence-corrected chi connectivity index (χ0v) is 23.7. The third-order valence-electron chi connectivity index (χ3n) is 7.24. The normalized spacial score (nSPS) is 15.4. The Labute approximate surface area is 234 Å². The van der Waals surface area contributed by atoms with E-state index < -0.39 is 0 Å². The van der Waals surface area contributed by atoms with Gasteiger partial charge in [0.15, 0.2) is 5.82 Å². The topological polar surface area (TPSA) is 73.5 Å². The number of likely N-dealkylation sites (tertiary alicyclic amines) is 1. The van der Waals surface area contributed by atoms with Crippen molar-refractivity contribution in [3.05, 3.63) is 98.7 Å². The third-order valence-corrected chi connectivity index (χ3v) is 7.92. The van der Waals surface area contributed by atoms with Crippen molar-refractivity contribution >= 4 is 35.1 Å². The molecule has 7 heteroatoms. The molecule has 0 radical (unpaired) electrons. The number of aryl methyl sites for hydroxylation is 2. The van der Waals surface area contributed by atoms with Crippen molar-refractivity contribution in [2.24, 2.45) is 0 Å². The number of hydrogen-bond donors (Lipinski definition) is 2. The first kappa shape index (κ1) is 26.8. The van der Waals surface area contributed by atoms with Crippen LogP contribution in [0.5, 0.6) is 0 Å². The van der Waals surface area contributed by atoms with Crippen LogP contribution in [0.1, 0.15) is 54.3 Å². The van der Waals surface area contributed by atoms with Gasteiger partial charge in [-0.25, -0.2) is 4.98 Å². The van der Waals surface area contributed by atoms with Crippen molar-refractivity contribution in [1.82, 2.24) is 30.0 Å². The van der Waals surface area contributed by atoms with Crippen molar-refractivity contribution in [2.75, 3.05) is 19.6 Å². The molecule has 1 fully saturated rings. The molecule has 2 N–H and O–H groups in total. The van der Waals surface area contributed by atoms with Gasteiger partial charge >= 0.3 is 0 Å². The maximum atomic E-state index is 4.98. The van der Waals surface area contributed by atoms with Crippen molar-refractivity contribution in [3.63, 3.8) is 0 Å². The first-order valence-electron chi connectivity index (χ1n) is 13.6. The quantitative estimate of drug-likeness (QED) is 0.262. The summed E-state index contributed by atoms with van der Waals surface area (Å²) in [5.41, 5.74) is 8.19. The minimum atomic E-state index is 0.703. The molecule has 1 aliphatic rings. The Balaban J connectivity index is 1.44. The summed E-state index contributed by atoms with van der Waals surface area (Å²) >= 11 is 1.66. The lowest BCUT2D eigenvalue weighted by Crippen LogP contribution is -2.22. The van der Waals surface area contributed by atoms with Crippen LogP contribution < -0.4 is 10.6 Å². The second kappa shape index (κ2) is 12.4. The number of aromatic nitrogens is 5. The highest BCUT2D eigenvalue weighted by atomic mass is 32.1. The predicted octanol–water partition coefficient (Wildman–Crippen LogP) is 5.51. The van der Waals surface area contributed by atoms with Gasteiger partial charge in [-0.15, -0.1) is 0 Å². The van der Waals surface area contributed by atoms with E-state index in [0.29, 0.717) is 5.82 Å². The highest BCUT2D eigenvalue weighted by Crippen LogP contribution is 2.28. The van der Waals surface area contributed by atoms with Gasteiger partial charge < -0.3 is 9.88 Å². The number of thiophene rings is 1. The largest absolute Gasteiger partial charge is 0.340 e. The van der Waals surface area contributed by atoms with Crippen LogP contribution in [0.15, 0.2) is 60.1 Å². The van der Waals surface area contributed by atoms with Crippen molar-refractivity contribution in [2.45, 2.75) is 39.5 Å². The monoisotopic (exact) mass is 536 g/mol. The van der Waals surface area contributed by atoms with Crippen molar-refractivity contribution in [3.8, 4) is 11.5 Å². The van der Waals surface area contributed by atoms with E-state index in [9.17, 15) is 0 Å². The van der Waals surface area contributed by atoms with Crippen LogP contribution in [0.25, 0.3) is 35.3 Å². The summed E-state index contributed by atoms with van der Waals surface area (Å²) in [7, 11) is 0. The molecular weight excluding hydrogens is 500 g/mol. The number of aromatic amines is 2. The Morgan fingerprint density at radius 3 is 2.79 bits per heavy atom. The first-order chi connectivity index (χ1) is 19.1. The fourth-order valence-corrected chi connectivity index (χ4v) is 5.84. The number of imidazole rings is 1. The lowest BCUT2D eigenvalue weighted by Gasteiger charge is -2.14. The SMILES string of the molecule is C=C/C=C(/c1ccsc1)c1nc(-c2n[nH]c(=C)/c2=C\C(=C/C)c2cncc(CCCN3CCCC3)c2)[nH]c1C. The van der Waals surface area contributed by atoms with Crippen LogP contribution in [0, 0.1) is 6.92 Å². The molecule has 0 atom stereocenters. The summed E-state index contributed by atoms with van der Waals surface area (Å²) < 4.78 is 0. The summed E-state index contributed by atoms with van der Waals surface area (Å²) in [6.07, 6.45) is 16.8. The number of nitrogens with zero attached hydrogens (tertiary/aromatic N) is 4. The molecule has 1 saturated heterocycles. The van der Waals surface area contributed by atoms with E-state index in [-0.39, 0.29) is 0 Å². The molecule has 4 aromatic rings. The van der Waals surface area contributed by atoms with Crippen molar-refractivity contribution in [1.29, 1.82) is 0 Å². The van der Waals surface area contributed by atoms with E-state index in [4.69, 9.17) is 4.98 Å². The predicted molar refractivity (Wildman–Crippen MR) is 164 cm³/mol. The van der Waals surface area contributed by atoms with Crippen LogP contribution in [-0.2, 0) is 6.42 Å². The minimum absolute atomic E-state index is 0.703. The maximum absolute atomic E-state index is 4.98. The Kier molecular flexibility index (Phi) is 8.49. The van der Waals surface area contributed by atoms with Gasteiger partial charge in [-0.2, -0.15) is 16.4 Å². The number of rotatable bonds is 10. The summed E-state index contributed by atoms with van der Waals surface area (Å²) in [6.45, 7) is 15.9. The van der Waals surface area contributed by atoms with Gasteiger partial charge in [0.1, 0.15) is 5.69 Å². The second-order valence-corrected chi connectivity index (χ2v) is 10.8. The average molecular weight is 537 g/mol. The zero-order chi connectivity index (χ0) is 27.2. The molecule has 5 heterocycles. The molecule has 200 valence electrons. The number of hydrogen-bond acceptors (Lipinski definition) is 5. The Morgan fingerprint density at radius 1 is 1.21 bits per heavy atom. The van der Waals surface area contributed by atoms with E-state index in [0.717, 1.165) is 69.3 Å². The molecule has 0 aromatic carbocycles. The number of pyridine rings is 1. The highest BCUT2D eigenvalue weighted by Gasteiger charge is 2.17. The van der Waals surface area contributed by atoms with E-state index in [1.807, 2.05) is 25.4 Å². The van der Waals surface area contributed by atoms with Crippen LogP contribution in [0.3, 0.4) is 0 Å². The van der Waals surface area contributed by atoms with Gasteiger partial charge in [-0.1, -0.05) is 31.4 Å². The molecule has 0 saturated carbocycles. The molecule has 5 rings (SSSR count). The summed E-state index contributed by atoms with van der Waals surface area (Å²) in [4.78, 5) is 15.6. The van der Waals surface area contributed by atoms with E-state index in [1.165, 1.54) is 31.5 Å². The van der Waals surface area contributed by atoms with Gasteiger partial charge in [0.05, 0.1) is 11.0 Å². The summed E-state index contributed by atoms with van der Waals surface area (Å²) in [5.74, 6) is 0.703. The van der Waals surface area contributed by atoms with Gasteiger partial charge in [0, 0.05) is 28.9 Å². The van der Waals surface area contributed by atoms with Gasteiger partial charge in [-0.05, 0) is 110 Å². The van der Waals surface area contributed by atoms with E-state index in [2.05, 4.69) is 80.2 Å². The Morgan fingerprint density at radius 2 is 2.05 bits per heavy atom. The smallest absolute Gasteiger partial charge is 0.159 e. The van der Waals surface area contributed by atoms with E-state index >= 15 is 0 Å². The molecule has 6 nitrogen and oxygen atoms in total. The molecule has 1 aliphatic heterocycles. The van der Waals surface area contributed by atoms with Crippen LogP contribution in [-0.4, -0.2) is 49.7 Å². The van der Waals surface area contributed by atoms with E-state index in [1.54, 1.807) is 17.4 Å². The fourth-order valence-electron chi connectivity index (χ4n) is 5.19. The lowest BCUT2D eigenvalue weighted by atomic mass is 10.0. The average Bonchev–Trinajstić information content (AvgIpc) is 3.75. The summed E-state index contributed by atoms with van der Waals surface area (Å²) in [5, 5.41) is 13.5. The van der Waals surface area contributed by atoms with Crippen LogP contribution in [0.4, 0.5) is 0 Å². The first-order valence-corrected chi connectivity index (χ1v) is 14.5. The Bertz CT molecular complexity index is 1600. The molecular formula is C32H36N6S. The second-order valence-electron chi connectivity index (χ2n) is 9.97. The molecule has 0 bridgehead atoms. The fraction of sp³-hybridized carbons (Fsp3) is 0.281. The van der Waals surface area contributed by atoms with Crippen LogP contribution >= 0.6 is 11.3 Å². The molecule has 0 spiro atoms. The molecule has 0 amide bonds. The minimum Gasteiger partial charge on any atom is -0.340 e. The molecule has 4 aromatic heterocycles. The standard InChI is InChI=1S/C32H36N6S/c1-5-10-28(26-12-16-39-21-26)30-23(4)34-32(35-30)31-29(22(3)36-37-31)18-25(6-2)27-17-24(19-33-20-27)11-9-15-38-13-7-8-14-38/h5-6,10,12,16-21,36H,1,3,7-9,11,13-15H2,2,4H3,(H,34,35)/b25-6+,28-10-,29-18+. The molecule has 39 heavy (non-hydrogen) atoms. The molecule has 0 aliphatic carbocycles. The Hall–Kier alpha value is -3.81. The van der Waals surface area contributed by atoms with Gasteiger partial charge in [-0.3, -0.25) is 10.1 Å². The van der Waals surface area contributed by atoms with Gasteiger partial charge in [0.2, 0.25) is 0 Å². The lowest BCUT2D eigenvalue weighted by molar-refractivity contribution is 0.334. The zero-order valence-electron chi connectivity index (χ0n) is 22.8. The van der Waals surface area contributed by atoms with Crippen molar-refractivity contribution < 1.29 is 0 Å². The maximum Gasteiger partial charge on any atom is 0.159 e. The van der Waals surface area contributed by atoms with Crippen LogP contribution in [0.2, 0.25) is 0 Å². The molecule has 0 unspecified atom stereocenters. The number of nitrogens with one attached hydrogen (secondary N) is 2. The number of H-pyrrole nitrogens is 2. The van der Waals surface area contributed by atoms with Gasteiger partial charge in [0.25, 0.3) is 0 Å². The number of allylic oxidation sites excluding steroid dienone is 4.